The molecule has 1 heterocycles. The molecule has 162 valence electrons. The fourth-order valence-corrected chi connectivity index (χ4v) is 4.70. The fraction of sp³-hybridized carbons (Fsp3) is 0.0870. The summed E-state index contributed by atoms with van der Waals surface area (Å²) in [6.07, 6.45) is 0. The average molecular weight is 450 g/mol. The minimum atomic E-state index is -4.08. The molecule has 8 nitrogen and oxygen atoms in total. The van der Waals surface area contributed by atoms with E-state index in [1.54, 1.807) is 42.5 Å². The summed E-state index contributed by atoms with van der Waals surface area (Å²) >= 11 is 0. The molecular weight excluding hydrogens is 432 g/mol. The number of ether oxygens (including phenoxy) is 1. The zero-order valence-corrected chi connectivity index (χ0v) is 17.5. The Morgan fingerprint density at radius 3 is 2.22 bits per heavy atom. The molecule has 0 saturated carbocycles. The van der Waals surface area contributed by atoms with Crippen LogP contribution in [0.5, 0.6) is 0 Å². The van der Waals surface area contributed by atoms with Crippen LogP contribution < -0.4 is 5.32 Å². The minimum Gasteiger partial charge on any atom is -0.459 e. The Hall–Kier alpha value is -3.98. The molecule has 4 rings (SSSR count). The first-order valence-electron chi connectivity index (χ1n) is 9.63. The molecule has 1 aliphatic rings. The van der Waals surface area contributed by atoms with Gasteiger partial charge in [-0.2, -0.15) is 0 Å². The summed E-state index contributed by atoms with van der Waals surface area (Å²) in [5.74, 6) is -1.90. The third-order valence-electron chi connectivity index (χ3n) is 4.83. The monoisotopic (exact) mass is 450 g/mol. The smallest absolute Gasteiger partial charge is 0.327 e. The van der Waals surface area contributed by atoms with E-state index in [1.807, 2.05) is 18.2 Å². The standard InChI is InChI=1S/C23H18N2O6S/c26-21(14-25-23(28)19-8-4-5-9-20(19)32(25,29)30)31-15-16-10-12-17(13-11-16)22(27)24-18-6-2-1-3-7-18/h1-13H,14-15H2,(H,24,27). The number of carbonyl (C=O) groups is 3. The molecule has 3 aromatic rings. The number of benzene rings is 3. The van der Waals surface area contributed by atoms with Crippen molar-refractivity contribution in [3.63, 3.8) is 0 Å². The topological polar surface area (TPSA) is 110 Å². The average Bonchev–Trinajstić information content (AvgIpc) is 2.99. The van der Waals surface area contributed by atoms with Crippen LogP contribution in [0.2, 0.25) is 0 Å². The summed E-state index contributed by atoms with van der Waals surface area (Å²) < 4.78 is 30.6. The van der Waals surface area contributed by atoms with E-state index < -0.39 is 28.4 Å². The van der Waals surface area contributed by atoms with Gasteiger partial charge in [0.15, 0.2) is 0 Å². The van der Waals surface area contributed by atoms with Crippen molar-refractivity contribution in [1.82, 2.24) is 4.31 Å². The minimum absolute atomic E-state index is 0.0321. The van der Waals surface area contributed by atoms with E-state index in [9.17, 15) is 22.8 Å². The summed E-state index contributed by atoms with van der Waals surface area (Å²) in [5, 5.41) is 2.77. The van der Waals surface area contributed by atoms with Crippen molar-refractivity contribution in [3.8, 4) is 0 Å². The highest BCUT2D eigenvalue weighted by Gasteiger charge is 2.42. The van der Waals surface area contributed by atoms with Gasteiger partial charge in [-0.25, -0.2) is 12.7 Å². The number of sulfonamides is 1. The van der Waals surface area contributed by atoms with Crippen LogP contribution in [0.4, 0.5) is 5.69 Å². The first-order chi connectivity index (χ1) is 15.4. The maximum atomic E-state index is 12.5. The third kappa shape index (κ3) is 4.23. The van der Waals surface area contributed by atoms with Gasteiger partial charge in [-0.1, -0.05) is 42.5 Å². The molecule has 0 saturated heterocycles. The van der Waals surface area contributed by atoms with Gasteiger partial charge in [0.25, 0.3) is 21.8 Å². The SMILES string of the molecule is O=C(CN1C(=O)c2ccccc2S1(=O)=O)OCc1ccc(C(=O)Nc2ccccc2)cc1. The first kappa shape index (κ1) is 21.3. The number of para-hydroxylation sites is 1. The number of nitrogens with one attached hydrogen (secondary N) is 1. The Kier molecular flexibility index (Phi) is 5.74. The Morgan fingerprint density at radius 1 is 0.875 bits per heavy atom. The van der Waals surface area contributed by atoms with E-state index in [4.69, 9.17) is 4.74 Å². The quantitative estimate of drug-likeness (QED) is 0.579. The van der Waals surface area contributed by atoms with Crippen molar-refractivity contribution < 1.29 is 27.5 Å². The summed E-state index contributed by atoms with van der Waals surface area (Å²) in [5.41, 5.74) is 1.73. The van der Waals surface area contributed by atoms with Gasteiger partial charge in [-0.15, -0.1) is 0 Å². The van der Waals surface area contributed by atoms with Gasteiger partial charge in [0.1, 0.15) is 18.0 Å². The second kappa shape index (κ2) is 8.64. The zero-order valence-electron chi connectivity index (χ0n) is 16.7. The van der Waals surface area contributed by atoms with Gasteiger partial charge < -0.3 is 10.1 Å². The number of anilines is 1. The molecule has 0 radical (unpaired) electrons. The highest BCUT2D eigenvalue weighted by atomic mass is 32.2. The molecule has 0 unspecified atom stereocenters. The van der Waals surface area contributed by atoms with Crippen LogP contribution in [0.1, 0.15) is 26.3 Å². The summed E-state index contributed by atoms with van der Waals surface area (Å²) in [6.45, 7) is -0.845. The van der Waals surface area contributed by atoms with Crippen molar-refractivity contribution >= 4 is 33.5 Å². The van der Waals surface area contributed by atoms with Crippen molar-refractivity contribution in [2.75, 3.05) is 11.9 Å². The molecule has 0 aromatic heterocycles. The maximum absolute atomic E-state index is 12.5. The predicted molar refractivity (Wildman–Crippen MR) is 115 cm³/mol. The van der Waals surface area contributed by atoms with Gasteiger partial charge in [0, 0.05) is 11.3 Å². The van der Waals surface area contributed by atoms with Crippen LogP contribution in [0.25, 0.3) is 0 Å². The number of esters is 1. The Bertz CT molecular complexity index is 1290. The molecule has 3 aromatic carbocycles. The number of hydrogen-bond donors (Lipinski definition) is 1. The van der Waals surface area contributed by atoms with Crippen molar-refractivity contribution in [3.05, 3.63) is 95.6 Å². The van der Waals surface area contributed by atoms with Crippen LogP contribution in [-0.2, 0) is 26.2 Å². The number of rotatable bonds is 6. The molecule has 32 heavy (non-hydrogen) atoms. The van der Waals surface area contributed by atoms with Crippen LogP contribution in [0.15, 0.2) is 83.8 Å². The Balaban J connectivity index is 1.34. The molecule has 1 N–H and O–H groups in total. The van der Waals surface area contributed by atoms with Crippen LogP contribution in [0.3, 0.4) is 0 Å². The molecule has 0 atom stereocenters. The second-order valence-corrected chi connectivity index (χ2v) is 8.82. The lowest BCUT2D eigenvalue weighted by Gasteiger charge is -2.14. The van der Waals surface area contributed by atoms with Gasteiger partial charge >= 0.3 is 5.97 Å². The molecule has 0 fully saturated rings. The molecule has 1 aliphatic heterocycles. The number of hydrogen-bond acceptors (Lipinski definition) is 6. The van der Waals surface area contributed by atoms with Gasteiger partial charge in [-0.05, 0) is 42.0 Å². The summed E-state index contributed by atoms with van der Waals surface area (Å²) in [6, 6.07) is 21.2. The lowest BCUT2D eigenvalue weighted by molar-refractivity contribution is -0.144. The normalized spacial score (nSPS) is 14.0. The molecule has 0 spiro atoms. The number of nitrogens with zero attached hydrogens (tertiary/aromatic N) is 1. The first-order valence-corrected chi connectivity index (χ1v) is 11.1. The molecule has 0 bridgehead atoms. The van der Waals surface area contributed by atoms with Gasteiger partial charge in [0.05, 0.1) is 5.56 Å². The van der Waals surface area contributed by atoms with Crippen LogP contribution >= 0.6 is 0 Å². The predicted octanol–water partition coefficient (Wildman–Crippen LogP) is 2.83. The fourth-order valence-electron chi connectivity index (χ4n) is 3.19. The lowest BCUT2D eigenvalue weighted by atomic mass is 10.1. The zero-order chi connectivity index (χ0) is 22.7. The second-order valence-electron chi connectivity index (χ2n) is 6.99. The van der Waals surface area contributed by atoms with Crippen LogP contribution in [-0.4, -0.2) is 37.1 Å². The van der Waals surface area contributed by atoms with E-state index in [1.165, 1.54) is 18.2 Å². The lowest BCUT2D eigenvalue weighted by Crippen LogP contribution is -2.35. The Morgan fingerprint density at radius 2 is 1.53 bits per heavy atom. The van der Waals surface area contributed by atoms with Crippen molar-refractivity contribution in [1.29, 1.82) is 0 Å². The van der Waals surface area contributed by atoms with Gasteiger partial charge in [0.2, 0.25) is 0 Å². The van der Waals surface area contributed by atoms with E-state index in [2.05, 4.69) is 5.32 Å². The van der Waals surface area contributed by atoms with E-state index in [0.29, 0.717) is 21.1 Å². The number of fused-ring (bicyclic) bond motifs is 1. The molecular formula is C23H18N2O6S. The highest BCUT2D eigenvalue weighted by Crippen LogP contribution is 2.29. The largest absolute Gasteiger partial charge is 0.459 e. The third-order valence-corrected chi connectivity index (χ3v) is 6.62. The van der Waals surface area contributed by atoms with E-state index >= 15 is 0 Å². The highest BCUT2D eigenvalue weighted by molar-refractivity contribution is 7.90. The van der Waals surface area contributed by atoms with Gasteiger partial charge in [-0.3, -0.25) is 14.4 Å². The number of amides is 2. The summed E-state index contributed by atoms with van der Waals surface area (Å²) in [4.78, 5) is 36.7. The molecule has 2 amide bonds. The maximum Gasteiger partial charge on any atom is 0.327 e. The van der Waals surface area contributed by atoms with E-state index in [-0.39, 0.29) is 23.0 Å². The Labute approximate surface area is 184 Å². The molecule has 9 heteroatoms. The van der Waals surface area contributed by atoms with Crippen molar-refractivity contribution in [2.24, 2.45) is 0 Å². The van der Waals surface area contributed by atoms with Crippen molar-refractivity contribution in [2.45, 2.75) is 11.5 Å². The van der Waals surface area contributed by atoms with Crippen LogP contribution in [0, 0.1) is 0 Å². The molecule has 0 aliphatic carbocycles. The number of carbonyl (C=O) groups excluding carboxylic acids is 3. The van der Waals surface area contributed by atoms with E-state index in [0.717, 1.165) is 0 Å². The summed E-state index contributed by atoms with van der Waals surface area (Å²) in [7, 11) is -4.08.